The summed E-state index contributed by atoms with van der Waals surface area (Å²) in [5.41, 5.74) is -0.933. The maximum absolute atomic E-state index is 12.8. The Labute approximate surface area is 103 Å². The second-order valence-electron chi connectivity index (χ2n) is 3.33. The summed E-state index contributed by atoms with van der Waals surface area (Å²) < 4.78 is 43.5. The van der Waals surface area contributed by atoms with Crippen molar-refractivity contribution < 1.29 is 17.7 Å². The van der Waals surface area contributed by atoms with Gasteiger partial charge < -0.3 is 4.52 Å². The van der Waals surface area contributed by atoms with Crippen LogP contribution in [0.1, 0.15) is 11.4 Å². The molecule has 2 rings (SSSR count). The summed E-state index contributed by atoms with van der Waals surface area (Å²) in [4.78, 5) is 3.79. The van der Waals surface area contributed by atoms with E-state index in [1.165, 1.54) is 12.1 Å². The van der Waals surface area contributed by atoms with E-state index in [1.54, 1.807) is 6.92 Å². The summed E-state index contributed by atoms with van der Waals surface area (Å²) >= 11 is 3.00. The Kier molecular flexibility index (Phi) is 2.94. The number of alkyl halides is 3. The van der Waals surface area contributed by atoms with Crippen molar-refractivity contribution in [3.8, 4) is 11.5 Å². The number of aromatic nitrogens is 2. The van der Waals surface area contributed by atoms with E-state index in [9.17, 15) is 13.2 Å². The number of benzene rings is 1. The highest BCUT2D eigenvalue weighted by atomic mass is 79.9. The first-order chi connectivity index (χ1) is 7.88. The lowest BCUT2D eigenvalue weighted by Gasteiger charge is -2.10. The standard InChI is InChI=1S/C10H6BrF3N2O/c1-5-15-9(17-16-5)7-3-2-6(11)4-8(7)10(12,13)14/h2-4H,1H3. The number of hydrogen-bond acceptors (Lipinski definition) is 3. The van der Waals surface area contributed by atoms with Gasteiger partial charge in [0.1, 0.15) is 0 Å². The molecule has 2 aromatic rings. The molecule has 90 valence electrons. The fourth-order valence-electron chi connectivity index (χ4n) is 1.34. The Morgan fingerprint density at radius 1 is 1.29 bits per heavy atom. The molecular weight excluding hydrogens is 301 g/mol. The SMILES string of the molecule is Cc1noc(-c2ccc(Br)cc2C(F)(F)F)n1. The van der Waals surface area contributed by atoms with Crippen molar-refractivity contribution >= 4 is 15.9 Å². The van der Waals surface area contributed by atoms with E-state index < -0.39 is 11.7 Å². The third-order valence-electron chi connectivity index (χ3n) is 2.04. The lowest BCUT2D eigenvalue weighted by Crippen LogP contribution is -2.07. The van der Waals surface area contributed by atoms with Crippen molar-refractivity contribution in [3.63, 3.8) is 0 Å². The minimum absolute atomic E-state index is 0.124. The molecule has 0 N–H and O–H groups in total. The van der Waals surface area contributed by atoms with E-state index in [0.717, 1.165) is 6.07 Å². The first-order valence-corrected chi connectivity index (χ1v) is 5.34. The van der Waals surface area contributed by atoms with Crippen molar-refractivity contribution in [1.82, 2.24) is 10.1 Å². The van der Waals surface area contributed by atoms with E-state index in [2.05, 4.69) is 26.1 Å². The van der Waals surface area contributed by atoms with Crippen molar-refractivity contribution in [2.45, 2.75) is 13.1 Å². The molecule has 17 heavy (non-hydrogen) atoms. The fourth-order valence-corrected chi connectivity index (χ4v) is 1.71. The molecule has 1 aromatic carbocycles. The Hall–Kier alpha value is -1.37. The van der Waals surface area contributed by atoms with Gasteiger partial charge >= 0.3 is 6.18 Å². The van der Waals surface area contributed by atoms with Gasteiger partial charge in [-0.2, -0.15) is 18.2 Å². The van der Waals surface area contributed by atoms with E-state index in [0.29, 0.717) is 4.47 Å². The van der Waals surface area contributed by atoms with Crippen LogP contribution in [0.4, 0.5) is 13.2 Å². The summed E-state index contributed by atoms with van der Waals surface area (Å²) in [5, 5.41) is 3.47. The minimum atomic E-state index is -4.47. The third kappa shape index (κ3) is 2.49. The number of nitrogens with zero attached hydrogens (tertiary/aromatic N) is 2. The van der Waals surface area contributed by atoms with Crippen LogP contribution in [0.15, 0.2) is 27.2 Å². The smallest absolute Gasteiger partial charge is 0.334 e. The topological polar surface area (TPSA) is 38.9 Å². The van der Waals surface area contributed by atoms with Gasteiger partial charge in [-0.05, 0) is 25.1 Å². The van der Waals surface area contributed by atoms with Crippen LogP contribution in [0.25, 0.3) is 11.5 Å². The first kappa shape index (κ1) is 12.1. The van der Waals surface area contributed by atoms with Crippen molar-refractivity contribution in [2.75, 3.05) is 0 Å². The van der Waals surface area contributed by atoms with Crippen molar-refractivity contribution in [2.24, 2.45) is 0 Å². The predicted octanol–water partition coefficient (Wildman–Crippen LogP) is 3.83. The zero-order valence-corrected chi connectivity index (χ0v) is 10.1. The molecular formula is C10H6BrF3N2O. The maximum atomic E-state index is 12.8. The van der Waals surface area contributed by atoms with Crippen LogP contribution in [-0.4, -0.2) is 10.1 Å². The van der Waals surface area contributed by atoms with Gasteiger partial charge in [0.15, 0.2) is 5.82 Å². The van der Waals surface area contributed by atoms with Gasteiger partial charge in [-0.25, -0.2) is 0 Å². The summed E-state index contributed by atoms with van der Waals surface area (Å²) in [6, 6.07) is 3.76. The lowest BCUT2D eigenvalue weighted by molar-refractivity contribution is -0.137. The van der Waals surface area contributed by atoms with E-state index in [-0.39, 0.29) is 17.3 Å². The highest BCUT2D eigenvalue weighted by molar-refractivity contribution is 9.10. The van der Waals surface area contributed by atoms with Crippen molar-refractivity contribution in [3.05, 3.63) is 34.1 Å². The van der Waals surface area contributed by atoms with Gasteiger partial charge in [0, 0.05) is 4.47 Å². The highest BCUT2D eigenvalue weighted by Crippen LogP contribution is 2.37. The molecule has 1 heterocycles. The third-order valence-corrected chi connectivity index (χ3v) is 2.54. The van der Waals surface area contributed by atoms with Gasteiger partial charge in [-0.3, -0.25) is 0 Å². The fraction of sp³-hybridized carbons (Fsp3) is 0.200. The molecule has 0 bridgehead atoms. The maximum Gasteiger partial charge on any atom is 0.417 e. The monoisotopic (exact) mass is 306 g/mol. The molecule has 0 amide bonds. The Bertz CT molecular complexity index is 551. The van der Waals surface area contributed by atoms with Gasteiger partial charge in [-0.15, -0.1) is 0 Å². The molecule has 0 saturated heterocycles. The molecule has 0 aliphatic heterocycles. The molecule has 0 atom stereocenters. The van der Waals surface area contributed by atoms with Gasteiger partial charge in [-0.1, -0.05) is 21.1 Å². The largest absolute Gasteiger partial charge is 0.417 e. The number of halogens is 4. The van der Waals surface area contributed by atoms with E-state index >= 15 is 0 Å². The summed E-state index contributed by atoms with van der Waals surface area (Å²) in [6.45, 7) is 1.54. The highest BCUT2D eigenvalue weighted by Gasteiger charge is 2.35. The number of hydrogen-bond donors (Lipinski definition) is 0. The Morgan fingerprint density at radius 3 is 2.53 bits per heavy atom. The molecule has 0 radical (unpaired) electrons. The van der Waals surface area contributed by atoms with E-state index in [1.807, 2.05) is 0 Å². The van der Waals surface area contributed by atoms with Crippen LogP contribution in [0, 0.1) is 6.92 Å². The molecule has 0 aliphatic rings. The predicted molar refractivity (Wildman–Crippen MR) is 57.2 cm³/mol. The van der Waals surface area contributed by atoms with Gasteiger partial charge in [0.25, 0.3) is 5.89 Å². The Morgan fingerprint density at radius 2 is 2.00 bits per heavy atom. The molecule has 1 aromatic heterocycles. The minimum Gasteiger partial charge on any atom is -0.334 e. The second-order valence-corrected chi connectivity index (χ2v) is 4.25. The normalized spacial score (nSPS) is 11.8. The first-order valence-electron chi connectivity index (χ1n) is 4.55. The number of rotatable bonds is 1. The van der Waals surface area contributed by atoms with Crippen LogP contribution in [0.3, 0.4) is 0 Å². The summed E-state index contributed by atoms with van der Waals surface area (Å²) in [5.74, 6) is 0.151. The molecule has 0 unspecified atom stereocenters. The number of aryl methyl sites for hydroxylation is 1. The van der Waals surface area contributed by atoms with Crippen molar-refractivity contribution in [1.29, 1.82) is 0 Å². The summed E-state index contributed by atoms with van der Waals surface area (Å²) in [7, 11) is 0. The molecule has 0 spiro atoms. The van der Waals surface area contributed by atoms with E-state index in [4.69, 9.17) is 4.52 Å². The van der Waals surface area contributed by atoms with Gasteiger partial charge in [0.2, 0.25) is 0 Å². The molecule has 3 nitrogen and oxygen atoms in total. The van der Waals surface area contributed by atoms with Crippen LogP contribution in [0.2, 0.25) is 0 Å². The quantitative estimate of drug-likeness (QED) is 0.804. The van der Waals surface area contributed by atoms with Crippen LogP contribution in [0.5, 0.6) is 0 Å². The average molecular weight is 307 g/mol. The lowest BCUT2D eigenvalue weighted by atomic mass is 10.1. The zero-order valence-electron chi connectivity index (χ0n) is 8.55. The molecule has 0 saturated carbocycles. The van der Waals surface area contributed by atoms with Crippen LogP contribution >= 0.6 is 15.9 Å². The molecule has 0 aliphatic carbocycles. The average Bonchev–Trinajstić information content (AvgIpc) is 2.63. The van der Waals surface area contributed by atoms with Crippen LogP contribution in [-0.2, 0) is 6.18 Å². The molecule has 0 fully saturated rings. The Balaban J connectivity index is 2.61. The second kappa shape index (κ2) is 4.14. The molecule has 7 heteroatoms. The van der Waals surface area contributed by atoms with Gasteiger partial charge in [0.05, 0.1) is 11.1 Å². The zero-order chi connectivity index (χ0) is 12.6. The summed E-state index contributed by atoms with van der Waals surface area (Å²) in [6.07, 6.45) is -4.47. The van der Waals surface area contributed by atoms with Crippen LogP contribution < -0.4 is 0 Å².